The van der Waals surface area contributed by atoms with Crippen molar-refractivity contribution >= 4 is 35.5 Å². The molecule has 2 rings (SSSR count). The number of nitrogens with zero attached hydrogens (tertiary/aromatic N) is 2. The molecule has 0 fully saturated rings. The third-order valence-electron chi connectivity index (χ3n) is 4.35. The van der Waals surface area contributed by atoms with Gasteiger partial charge in [-0.3, -0.25) is 19.7 Å². The molecule has 2 N–H and O–H groups in total. The van der Waals surface area contributed by atoms with Gasteiger partial charge in [0.2, 0.25) is 0 Å². The Labute approximate surface area is 182 Å². The molecule has 0 saturated carbocycles. The van der Waals surface area contributed by atoms with Gasteiger partial charge in [0.15, 0.2) is 5.78 Å². The van der Waals surface area contributed by atoms with Crippen LogP contribution in [0.5, 0.6) is 0 Å². The summed E-state index contributed by atoms with van der Waals surface area (Å²) in [7, 11) is 3.39. The smallest absolute Gasteiger partial charge is 0.293 e. The number of anilines is 1. The maximum atomic E-state index is 13.0. The lowest BCUT2D eigenvalue weighted by atomic mass is 9.97. The lowest BCUT2D eigenvalue weighted by Gasteiger charge is -2.14. The Hall–Kier alpha value is -2.97. The van der Waals surface area contributed by atoms with Gasteiger partial charge in [0, 0.05) is 44.4 Å². The first-order chi connectivity index (χ1) is 13.9. The highest BCUT2D eigenvalue weighted by molar-refractivity contribution is 6.15. The van der Waals surface area contributed by atoms with E-state index in [-0.39, 0.29) is 40.7 Å². The largest absolute Gasteiger partial charge is 0.372 e. The predicted molar refractivity (Wildman–Crippen MR) is 120 cm³/mol. The van der Waals surface area contributed by atoms with Gasteiger partial charge in [-0.15, -0.1) is 12.4 Å². The molecule has 162 valence electrons. The van der Waals surface area contributed by atoms with Crippen molar-refractivity contribution in [2.75, 3.05) is 38.6 Å². The second-order valence-corrected chi connectivity index (χ2v) is 6.74. The average Bonchev–Trinajstić information content (AvgIpc) is 2.72. The van der Waals surface area contributed by atoms with Gasteiger partial charge in [-0.2, -0.15) is 0 Å². The minimum Gasteiger partial charge on any atom is -0.372 e. The number of carbonyl (C=O) groups excluding carboxylic acids is 2. The number of benzene rings is 2. The zero-order valence-electron chi connectivity index (χ0n) is 17.3. The van der Waals surface area contributed by atoms with Crippen molar-refractivity contribution in [3.05, 3.63) is 69.3 Å². The highest BCUT2D eigenvalue weighted by Gasteiger charge is 2.22. The van der Waals surface area contributed by atoms with Crippen LogP contribution in [0.4, 0.5) is 11.4 Å². The first kappa shape index (κ1) is 25.1. The molecule has 0 radical (unpaired) electrons. The van der Waals surface area contributed by atoms with Crippen LogP contribution in [0.2, 0.25) is 0 Å². The van der Waals surface area contributed by atoms with Crippen molar-refractivity contribution in [3.8, 4) is 0 Å². The van der Waals surface area contributed by atoms with Gasteiger partial charge in [-0.1, -0.05) is 25.1 Å². The molecule has 0 saturated heterocycles. The molecule has 0 atom stereocenters. The quantitative estimate of drug-likeness (QED) is 0.258. The van der Waals surface area contributed by atoms with Crippen molar-refractivity contribution in [1.29, 1.82) is 0 Å². The van der Waals surface area contributed by atoms with E-state index in [0.29, 0.717) is 18.8 Å². The third kappa shape index (κ3) is 6.27. The number of hydrogen-bond donors (Lipinski definition) is 2. The van der Waals surface area contributed by atoms with E-state index in [4.69, 9.17) is 0 Å². The van der Waals surface area contributed by atoms with Gasteiger partial charge < -0.3 is 15.5 Å². The molecule has 2 aromatic rings. The molecular weight excluding hydrogens is 408 g/mol. The number of amides is 1. The molecule has 0 unspecified atom stereocenters. The van der Waals surface area contributed by atoms with Crippen molar-refractivity contribution in [3.63, 3.8) is 0 Å². The molecule has 30 heavy (non-hydrogen) atoms. The number of nitro groups is 1. The lowest BCUT2D eigenvalue weighted by molar-refractivity contribution is -0.384. The Morgan fingerprint density at radius 3 is 2.30 bits per heavy atom. The summed E-state index contributed by atoms with van der Waals surface area (Å²) in [5.41, 5.74) is 0.847. The Kier molecular flexibility index (Phi) is 9.94. The summed E-state index contributed by atoms with van der Waals surface area (Å²) in [4.78, 5) is 38.1. The molecule has 9 heteroatoms. The van der Waals surface area contributed by atoms with Gasteiger partial charge in [0.25, 0.3) is 11.6 Å². The fourth-order valence-electron chi connectivity index (χ4n) is 2.89. The van der Waals surface area contributed by atoms with Crippen molar-refractivity contribution in [2.45, 2.75) is 13.3 Å². The van der Waals surface area contributed by atoms with Gasteiger partial charge >= 0.3 is 0 Å². The lowest BCUT2D eigenvalue weighted by Crippen LogP contribution is -2.32. The summed E-state index contributed by atoms with van der Waals surface area (Å²) in [6, 6.07) is 10.8. The second-order valence-electron chi connectivity index (χ2n) is 6.74. The number of rotatable bonds is 10. The van der Waals surface area contributed by atoms with Gasteiger partial charge in [0.1, 0.15) is 5.69 Å². The van der Waals surface area contributed by atoms with Crippen LogP contribution in [-0.4, -0.2) is 50.3 Å². The zero-order valence-corrected chi connectivity index (χ0v) is 18.1. The second kappa shape index (κ2) is 11.9. The van der Waals surface area contributed by atoms with E-state index in [0.717, 1.165) is 13.0 Å². The number of nitro benzene ring substituents is 1. The Morgan fingerprint density at radius 1 is 1.03 bits per heavy atom. The molecule has 2 aromatic carbocycles. The molecule has 1 amide bonds. The highest BCUT2D eigenvalue weighted by atomic mass is 35.5. The van der Waals surface area contributed by atoms with Gasteiger partial charge in [-0.25, -0.2) is 0 Å². The first-order valence-corrected chi connectivity index (χ1v) is 9.45. The predicted octanol–water partition coefficient (Wildman–Crippen LogP) is 3.04. The molecule has 0 heterocycles. The molecular formula is C21H27ClN4O4. The summed E-state index contributed by atoms with van der Waals surface area (Å²) in [6.45, 7) is 3.99. The fourth-order valence-corrected chi connectivity index (χ4v) is 2.89. The van der Waals surface area contributed by atoms with Crippen LogP contribution in [0.1, 0.15) is 39.6 Å². The van der Waals surface area contributed by atoms with Crippen molar-refractivity contribution in [2.24, 2.45) is 0 Å². The van der Waals surface area contributed by atoms with Crippen LogP contribution in [-0.2, 0) is 0 Å². The monoisotopic (exact) mass is 434 g/mol. The summed E-state index contributed by atoms with van der Waals surface area (Å²) in [5.74, 6) is -0.792. The zero-order chi connectivity index (χ0) is 21.4. The van der Waals surface area contributed by atoms with Gasteiger partial charge in [-0.05, 0) is 31.2 Å². The highest BCUT2D eigenvalue weighted by Crippen LogP contribution is 2.29. The third-order valence-corrected chi connectivity index (χ3v) is 4.35. The van der Waals surface area contributed by atoms with Crippen LogP contribution < -0.4 is 15.5 Å². The molecule has 0 bridgehead atoms. The Bertz CT molecular complexity index is 902. The number of halogens is 1. The van der Waals surface area contributed by atoms with E-state index in [1.165, 1.54) is 18.2 Å². The Balaban J connectivity index is 0.00000450. The topological polar surface area (TPSA) is 105 Å². The normalized spacial score (nSPS) is 10.1. The average molecular weight is 435 g/mol. The van der Waals surface area contributed by atoms with Crippen LogP contribution in [0, 0.1) is 10.1 Å². The number of nitrogens with one attached hydrogen (secondary N) is 2. The molecule has 0 aliphatic rings. The molecule has 0 spiro atoms. The van der Waals surface area contributed by atoms with Crippen LogP contribution >= 0.6 is 12.4 Å². The van der Waals surface area contributed by atoms with E-state index in [1.54, 1.807) is 43.3 Å². The summed E-state index contributed by atoms with van der Waals surface area (Å²) >= 11 is 0. The van der Waals surface area contributed by atoms with E-state index in [1.807, 2.05) is 0 Å². The van der Waals surface area contributed by atoms with Crippen molar-refractivity contribution in [1.82, 2.24) is 10.6 Å². The number of carbonyl (C=O) groups is 2. The van der Waals surface area contributed by atoms with E-state index in [2.05, 4.69) is 17.6 Å². The minimum atomic E-state index is -0.520. The standard InChI is InChI=1S/C21H26N4O4.ClH/c1-4-11-22-12-13-23-21(27)17-8-6-5-7-16(17)20(26)15-9-10-18(24(2)3)19(14-15)25(28)29;/h5-10,14,22H,4,11-13H2,1-3H3,(H,23,27);1H. The maximum Gasteiger partial charge on any atom is 0.293 e. The summed E-state index contributed by atoms with van der Waals surface area (Å²) in [6.07, 6.45) is 1.00. The van der Waals surface area contributed by atoms with Crippen LogP contribution in [0.25, 0.3) is 0 Å². The van der Waals surface area contributed by atoms with Crippen molar-refractivity contribution < 1.29 is 14.5 Å². The minimum absolute atomic E-state index is 0. The van der Waals surface area contributed by atoms with E-state index in [9.17, 15) is 19.7 Å². The molecule has 0 aromatic heterocycles. The van der Waals surface area contributed by atoms with E-state index < -0.39 is 10.7 Å². The van der Waals surface area contributed by atoms with Gasteiger partial charge in [0.05, 0.1) is 10.5 Å². The SMILES string of the molecule is CCCNCCNC(=O)c1ccccc1C(=O)c1ccc(N(C)C)c([N+](=O)[O-])c1.Cl. The number of hydrogen-bond acceptors (Lipinski definition) is 6. The van der Waals surface area contributed by atoms with E-state index >= 15 is 0 Å². The Morgan fingerprint density at radius 2 is 1.70 bits per heavy atom. The summed E-state index contributed by atoms with van der Waals surface area (Å²) in [5, 5.41) is 17.4. The molecule has 8 nitrogen and oxygen atoms in total. The number of ketones is 1. The van der Waals surface area contributed by atoms with Crippen LogP contribution in [0.3, 0.4) is 0 Å². The maximum absolute atomic E-state index is 13.0. The van der Waals surface area contributed by atoms with Crippen LogP contribution in [0.15, 0.2) is 42.5 Å². The molecule has 0 aliphatic carbocycles. The molecule has 0 aliphatic heterocycles. The summed E-state index contributed by atoms with van der Waals surface area (Å²) < 4.78 is 0. The first-order valence-electron chi connectivity index (χ1n) is 9.45. The fraction of sp³-hybridized carbons (Fsp3) is 0.333.